The maximum atomic E-state index is 13.7. The number of ether oxygens (including phenoxy) is 1. The van der Waals surface area contributed by atoms with E-state index in [1.807, 2.05) is 29.2 Å². The van der Waals surface area contributed by atoms with E-state index in [-0.39, 0.29) is 12.5 Å². The van der Waals surface area contributed by atoms with Crippen molar-refractivity contribution in [3.8, 4) is 5.75 Å². The molecule has 192 valence electrons. The summed E-state index contributed by atoms with van der Waals surface area (Å²) in [5.74, 6) is -0.174. The fourth-order valence-electron chi connectivity index (χ4n) is 5.12. The molecule has 0 bridgehead atoms. The number of aliphatic hydroxyl groups is 2. The fourth-order valence-corrected chi connectivity index (χ4v) is 5.12. The third-order valence-electron chi connectivity index (χ3n) is 7.27. The van der Waals surface area contributed by atoms with Crippen molar-refractivity contribution in [1.82, 2.24) is 0 Å². The van der Waals surface area contributed by atoms with Crippen LogP contribution in [0.4, 0.5) is 11.4 Å². The highest BCUT2D eigenvalue weighted by Gasteiger charge is 2.52. The molecule has 0 radical (unpaired) electrons. The van der Waals surface area contributed by atoms with Gasteiger partial charge in [0.05, 0.1) is 19.3 Å². The average molecular weight is 493 g/mol. The summed E-state index contributed by atoms with van der Waals surface area (Å²) in [5.41, 5.74) is 1.19. The molecule has 4 rings (SSSR count). The van der Waals surface area contributed by atoms with E-state index in [1.54, 1.807) is 49.3 Å². The minimum absolute atomic E-state index is 0.00511. The molecule has 2 aliphatic heterocycles. The van der Waals surface area contributed by atoms with Crippen LogP contribution in [-0.2, 0) is 21.7 Å². The first-order valence-electron chi connectivity index (χ1n) is 12.8. The van der Waals surface area contributed by atoms with Gasteiger partial charge in [0, 0.05) is 36.7 Å². The van der Waals surface area contributed by atoms with Gasteiger partial charge in [0.15, 0.2) is 5.60 Å². The normalized spacial score (nSPS) is 21.4. The maximum absolute atomic E-state index is 13.7. The third kappa shape index (κ3) is 5.04. The number of hydrogen-bond donors (Lipinski definition) is 2. The molecule has 7 nitrogen and oxygen atoms in total. The second-order valence-electron chi connectivity index (χ2n) is 9.65. The molecule has 2 amide bonds. The summed E-state index contributed by atoms with van der Waals surface area (Å²) in [6.45, 7) is 2.83. The molecule has 0 saturated carbocycles. The summed E-state index contributed by atoms with van der Waals surface area (Å²) in [6, 6.07) is 13.1. The van der Waals surface area contributed by atoms with Crippen LogP contribution in [0.25, 0.3) is 0 Å². The number of carbonyl (C=O) groups excluding carboxylic acids is 2. The van der Waals surface area contributed by atoms with E-state index in [2.05, 4.69) is 0 Å². The van der Waals surface area contributed by atoms with Gasteiger partial charge in [-0.3, -0.25) is 9.59 Å². The zero-order chi connectivity index (χ0) is 25.7. The van der Waals surface area contributed by atoms with Crippen LogP contribution in [0.2, 0.25) is 0 Å². The lowest BCUT2D eigenvalue weighted by Gasteiger charge is -2.28. The van der Waals surface area contributed by atoms with E-state index < -0.39 is 17.4 Å². The summed E-state index contributed by atoms with van der Waals surface area (Å²) in [7, 11) is 1.55. The van der Waals surface area contributed by atoms with E-state index in [4.69, 9.17) is 9.84 Å². The summed E-state index contributed by atoms with van der Waals surface area (Å²) in [6.07, 6.45) is 8.77. The van der Waals surface area contributed by atoms with Gasteiger partial charge in [-0.1, -0.05) is 44.1 Å². The summed E-state index contributed by atoms with van der Waals surface area (Å²) in [4.78, 5) is 29.8. The Morgan fingerprint density at radius 2 is 1.83 bits per heavy atom. The summed E-state index contributed by atoms with van der Waals surface area (Å²) in [5, 5.41) is 20.8. The Morgan fingerprint density at radius 3 is 2.56 bits per heavy atom. The van der Waals surface area contributed by atoms with Crippen molar-refractivity contribution >= 4 is 23.2 Å². The molecule has 1 fully saturated rings. The number of nitrogens with zero attached hydrogens (tertiary/aromatic N) is 2. The topological polar surface area (TPSA) is 90.3 Å². The number of benzene rings is 2. The Balaban J connectivity index is 1.60. The fraction of sp³-hybridized carbons (Fsp3) is 0.448. The first-order chi connectivity index (χ1) is 17.4. The predicted octanol–water partition coefficient (Wildman–Crippen LogP) is 4.30. The maximum Gasteiger partial charge on any atom is 0.264 e. The number of methoxy groups -OCH3 is 1. The second-order valence-corrected chi connectivity index (χ2v) is 9.65. The largest absolute Gasteiger partial charge is 0.497 e. The first kappa shape index (κ1) is 25.9. The molecule has 2 atom stereocenters. The van der Waals surface area contributed by atoms with Crippen LogP contribution in [0.5, 0.6) is 5.75 Å². The lowest BCUT2D eigenvalue weighted by atomic mass is 9.83. The average Bonchev–Trinajstić information content (AvgIpc) is 3.09. The highest BCUT2D eigenvalue weighted by Crippen LogP contribution is 2.47. The smallest absolute Gasteiger partial charge is 0.264 e. The van der Waals surface area contributed by atoms with Gasteiger partial charge < -0.3 is 24.7 Å². The minimum atomic E-state index is -1.74. The number of fused-ring (bicyclic) bond motifs is 1. The summed E-state index contributed by atoms with van der Waals surface area (Å²) < 4.78 is 5.37. The molecule has 2 aliphatic rings. The van der Waals surface area contributed by atoms with Crippen LogP contribution < -0.4 is 14.5 Å². The van der Waals surface area contributed by atoms with E-state index in [1.165, 1.54) is 0 Å². The van der Waals surface area contributed by atoms with Crippen molar-refractivity contribution in [2.24, 2.45) is 5.92 Å². The molecule has 0 unspecified atom stereocenters. The predicted molar refractivity (Wildman–Crippen MR) is 140 cm³/mol. The molecular weight excluding hydrogens is 456 g/mol. The van der Waals surface area contributed by atoms with E-state index in [0.29, 0.717) is 36.4 Å². The van der Waals surface area contributed by atoms with Gasteiger partial charge in [-0.05, 0) is 55.2 Å². The van der Waals surface area contributed by atoms with E-state index in [0.717, 1.165) is 43.5 Å². The highest BCUT2D eigenvalue weighted by molar-refractivity contribution is 6.07. The van der Waals surface area contributed by atoms with E-state index >= 15 is 0 Å². The third-order valence-corrected chi connectivity index (χ3v) is 7.27. The van der Waals surface area contributed by atoms with Gasteiger partial charge in [-0.2, -0.15) is 0 Å². The number of aliphatic hydroxyl groups excluding tert-OH is 1. The van der Waals surface area contributed by atoms with Crippen LogP contribution in [0, 0.1) is 5.92 Å². The number of carbonyl (C=O) groups is 2. The molecule has 2 aromatic rings. The van der Waals surface area contributed by atoms with Gasteiger partial charge in [0.25, 0.3) is 5.91 Å². The van der Waals surface area contributed by atoms with Crippen molar-refractivity contribution in [2.45, 2.75) is 57.6 Å². The Hall–Kier alpha value is -3.16. The SMILES string of the molecule is COc1ccc2c(c1)[C@](O)([C@@H](C)/C=C/CCO)C(=O)N2Cc1ccc(N2CCCCCCC2=O)cc1. The van der Waals surface area contributed by atoms with E-state index in [9.17, 15) is 14.7 Å². The molecule has 36 heavy (non-hydrogen) atoms. The first-order valence-corrected chi connectivity index (χ1v) is 12.8. The van der Waals surface area contributed by atoms with Gasteiger partial charge in [0.1, 0.15) is 5.75 Å². The number of hydrogen-bond acceptors (Lipinski definition) is 5. The van der Waals surface area contributed by atoms with Crippen LogP contribution >= 0.6 is 0 Å². The molecule has 2 N–H and O–H groups in total. The van der Waals surface area contributed by atoms with Crippen molar-refractivity contribution in [1.29, 1.82) is 0 Å². The molecule has 1 saturated heterocycles. The Bertz CT molecular complexity index is 1110. The standard InChI is InChI=1S/C29H36N2O5/c1-21(9-6-8-18-32)29(35)25-19-24(36-2)15-16-26(25)31(28(29)34)20-22-11-13-23(14-12-22)30-17-7-4-3-5-10-27(30)33/h6,9,11-16,19,21,32,35H,3-5,7-8,10,17-18,20H2,1-2H3/b9-6+/t21-,29+/m0/s1. The lowest BCUT2D eigenvalue weighted by Crippen LogP contribution is -2.44. The van der Waals surface area contributed by atoms with Gasteiger partial charge >= 0.3 is 0 Å². The van der Waals surface area contributed by atoms with Crippen LogP contribution in [0.1, 0.15) is 56.6 Å². The summed E-state index contributed by atoms with van der Waals surface area (Å²) >= 11 is 0. The number of amides is 2. The van der Waals surface area contributed by atoms with Crippen molar-refractivity contribution < 1.29 is 24.5 Å². The molecule has 0 spiro atoms. The van der Waals surface area contributed by atoms with Crippen molar-refractivity contribution in [3.63, 3.8) is 0 Å². The molecular formula is C29H36N2O5. The monoisotopic (exact) mass is 492 g/mol. The zero-order valence-electron chi connectivity index (χ0n) is 21.2. The molecule has 0 aliphatic carbocycles. The zero-order valence-corrected chi connectivity index (χ0v) is 21.2. The van der Waals surface area contributed by atoms with Gasteiger partial charge in [-0.15, -0.1) is 0 Å². The Labute approximate surface area is 213 Å². The van der Waals surface area contributed by atoms with Crippen LogP contribution in [0.3, 0.4) is 0 Å². The Kier molecular flexibility index (Phi) is 8.11. The van der Waals surface area contributed by atoms with Crippen LogP contribution in [-0.4, -0.2) is 42.3 Å². The Morgan fingerprint density at radius 1 is 1.08 bits per heavy atom. The second kappa shape index (κ2) is 11.3. The van der Waals surface area contributed by atoms with Gasteiger partial charge in [0.2, 0.25) is 5.91 Å². The molecule has 7 heteroatoms. The highest BCUT2D eigenvalue weighted by atomic mass is 16.5. The van der Waals surface area contributed by atoms with Crippen LogP contribution in [0.15, 0.2) is 54.6 Å². The number of anilines is 2. The molecule has 2 heterocycles. The lowest BCUT2D eigenvalue weighted by molar-refractivity contribution is -0.139. The minimum Gasteiger partial charge on any atom is -0.497 e. The number of rotatable bonds is 8. The molecule has 0 aromatic heterocycles. The van der Waals surface area contributed by atoms with Gasteiger partial charge in [-0.25, -0.2) is 0 Å². The quantitative estimate of drug-likeness (QED) is 0.536. The van der Waals surface area contributed by atoms with Crippen molar-refractivity contribution in [3.05, 3.63) is 65.7 Å². The van der Waals surface area contributed by atoms with Crippen molar-refractivity contribution in [2.75, 3.05) is 30.1 Å². The molecule has 2 aromatic carbocycles.